The fraction of sp³-hybridized carbons (Fsp3) is 0.364. The van der Waals surface area contributed by atoms with Gasteiger partial charge in [0.05, 0.1) is 0 Å². The molecule has 0 saturated carbocycles. The number of amides is 1. The molecule has 0 saturated heterocycles. The highest BCUT2D eigenvalue weighted by molar-refractivity contribution is 8.13. The molecule has 0 unspecified atom stereocenters. The smallest absolute Gasteiger partial charge is 0.282 e. The summed E-state index contributed by atoms with van der Waals surface area (Å²) in [4.78, 5) is 13.4. The number of hydrogen-bond donors (Lipinski definition) is 0. The van der Waals surface area contributed by atoms with Crippen molar-refractivity contribution in [2.75, 3.05) is 18.8 Å². The first-order chi connectivity index (χ1) is 7.76. The van der Waals surface area contributed by atoms with Crippen molar-refractivity contribution in [2.45, 2.75) is 6.92 Å². The van der Waals surface area contributed by atoms with Gasteiger partial charge >= 0.3 is 0 Å². The molecular weight excluding hydrogens is 265 g/mol. The number of thioether (sulfide) groups is 1. The molecule has 0 atom stereocenters. The van der Waals surface area contributed by atoms with Gasteiger partial charge in [0.25, 0.3) is 5.24 Å². The van der Waals surface area contributed by atoms with Crippen LogP contribution in [0.3, 0.4) is 0 Å². The minimum absolute atomic E-state index is 0.0163. The molecule has 1 amide bonds. The van der Waals surface area contributed by atoms with Crippen LogP contribution in [0.15, 0.2) is 35.4 Å². The Bertz CT molecular complexity index is 263. The summed E-state index contributed by atoms with van der Waals surface area (Å²) in [6, 6.07) is 0. The average Bonchev–Trinajstić information content (AvgIpc) is 2.29. The molecule has 0 aromatic rings. The van der Waals surface area contributed by atoms with E-state index in [4.69, 9.17) is 23.2 Å². The quantitative estimate of drug-likeness (QED) is 0.679. The maximum atomic E-state index is 11.7. The number of rotatable bonds is 6. The summed E-state index contributed by atoms with van der Waals surface area (Å²) >= 11 is 12.1. The zero-order valence-electron chi connectivity index (χ0n) is 9.11. The highest BCUT2D eigenvalue weighted by Gasteiger charge is 2.09. The Hall–Kier alpha value is -0.380. The van der Waals surface area contributed by atoms with Crippen molar-refractivity contribution in [3.63, 3.8) is 0 Å². The van der Waals surface area contributed by atoms with Gasteiger partial charge in [-0.2, -0.15) is 0 Å². The van der Waals surface area contributed by atoms with E-state index in [1.807, 2.05) is 19.1 Å². The monoisotopic (exact) mass is 279 g/mol. The number of carbonyl (C=O) groups excluding carboxylic acids is 1. The van der Waals surface area contributed by atoms with Crippen LogP contribution in [-0.4, -0.2) is 29.0 Å². The third-order valence-electron chi connectivity index (χ3n) is 1.63. The fourth-order valence-electron chi connectivity index (χ4n) is 0.865. The number of allylic oxidation sites excluding steroid dienone is 1. The van der Waals surface area contributed by atoms with E-state index in [9.17, 15) is 4.79 Å². The van der Waals surface area contributed by atoms with Crippen LogP contribution >= 0.6 is 35.0 Å². The third-order valence-corrected chi connectivity index (χ3v) is 2.85. The van der Waals surface area contributed by atoms with Gasteiger partial charge in [-0.15, -0.1) is 0 Å². The lowest BCUT2D eigenvalue weighted by Gasteiger charge is -2.18. The van der Waals surface area contributed by atoms with Gasteiger partial charge in [0.1, 0.15) is 0 Å². The molecule has 2 nitrogen and oxygen atoms in total. The molecule has 0 rings (SSSR count). The van der Waals surface area contributed by atoms with E-state index in [-0.39, 0.29) is 5.24 Å². The zero-order chi connectivity index (χ0) is 12.2. The molecule has 0 bridgehead atoms. The van der Waals surface area contributed by atoms with E-state index < -0.39 is 0 Å². The van der Waals surface area contributed by atoms with Crippen molar-refractivity contribution in [1.82, 2.24) is 4.90 Å². The SMILES string of the molecule is CC=CCSC(=O)N(CC=CCl)CC=CCl. The summed E-state index contributed by atoms with van der Waals surface area (Å²) in [5.74, 6) is 0.682. The molecule has 0 N–H and O–H groups in total. The first-order valence-corrected chi connectivity index (χ1v) is 6.65. The molecule has 0 radical (unpaired) electrons. The average molecular weight is 280 g/mol. The van der Waals surface area contributed by atoms with Gasteiger partial charge in [0, 0.05) is 29.9 Å². The lowest BCUT2D eigenvalue weighted by molar-refractivity contribution is 0.233. The molecule has 0 aromatic carbocycles. The van der Waals surface area contributed by atoms with E-state index in [1.54, 1.807) is 17.1 Å². The van der Waals surface area contributed by atoms with Crippen LogP contribution in [0.5, 0.6) is 0 Å². The van der Waals surface area contributed by atoms with Crippen LogP contribution < -0.4 is 0 Å². The third kappa shape index (κ3) is 7.85. The Morgan fingerprint density at radius 3 is 2.19 bits per heavy atom. The molecule has 0 aliphatic rings. The van der Waals surface area contributed by atoms with Crippen LogP contribution in [0, 0.1) is 0 Å². The molecule has 0 heterocycles. The van der Waals surface area contributed by atoms with E-state index in [0.29, 0.717) is 18.8 Å². The van der Waals surface area contributed by atoms with Gasteiger partial charge < -0.3 is 4.90 Å². The van der Waals surface area contributed by atoms with Gasteiger partial charge in [-0.1, -0.05) is 59.3 Å². The number of halogens is 2. The van der Waals surface area contributed by atoms with Crippen LogP contribution in [0.4, 0.5) is 4.79 Å². The van der Waals surface area contributed by atoms with E-state index in [0.717, 1.165) is 0 Å². The topological polar surface area (TPSA) is 20.3 Å². The zero-order valence-corrected chi connectivity index (χ0v) is 11.4. The molecule has 0 fully saturated rings. The molecule has 0 aliphatic carbocycles. The van der Waals surface area contributed by atoms with Gasteiger partial charge in [0.15, 0.2) is 0 Å². The normalized spacial score (nSPS) is 11.9. The Balaban J connectivity index is 4.19. The fourth-order valence-corrected chi connectivity index (χ4v) is 1.79. The van der Waals surface area contributed by atoms with Crippen molar-refractivity contribution < 1.29 is 4.79 Å². The highest BCUT2D eigenvalue weighted by atomic mass is 35.5. The molecule has 5 heteroatoms. The first kappa shape index (κ1) is 15.6. The van der Waals surface area contributed by atoms with E-state index >= 15 is 0 Å². The molecule has 0 aliphatic heterocycles. The van der Waals surface area contributed by atoms with E-state index in [2.05, 4.69) is 0 Å². The highest BCUT2D eigenvalue weighted by Crippen LogP contribution is 2.09. The Morgan fingerprint density at radius 2 is 1.75 bits per heavy atom. The summed E-state index contributed by atoms with van der Waals surface area (Å²) in [6.45, 7) is 2.91. The largest absolute Gasteiger partial charge is 0.326 e. The predicted octanol–water partition coefficient (Wildman–Crippen LogP) is 4.22. The maximum absolute atomic E-state index is 11.7. The first-order valence-electron chi connectivity index (χ1n) is 4.79. The lowest BCUT2D eigenvalue weighted by atomic mass is 10.5. The minimum atomic E-state index is 0.0163. The molecule has 0 aromatic heterocycles. The van der Waals surface area contributed by atoms with Crippen molar-refractivity contribution >= 4 is 40.2 Å². The summed E-state index contributed by atoms with van der Waals surface area (Å²) in [5.41, 5.74) is 2.81. The van der Waals surface area contributed by atoms with Crippen molar-refractivity contribution in [1.29, 1.82) is 0 Å². The molecular formula is C11H15Cl2NOS. The Kier molecular flexibility index (Phi) is 10.9. The summed E-state index contributed by atoms with van der Waals surface area (Å²) in [6.07, 6.45) is 7.30. The standard InChI is InChI=1S/C11H15Cl2NOS/c1-2-3-10-16-11(15)14(8-4-6-12)9-5-7-13/h2-7H,8-10H2,1H3. The minimum Gasteiger partial charge on any atom is -0.326 e. The van der Waals surface area contributed by atoms with Crippen molar-refractivity contribution in [3.05, 3.63) is 35.4 Å². The van der Waals surface area contributed by atoms with Crippen LogP contribution in [0.1, 0.15) is 6.92 Å². The predicted molar refractivity (Wildman–Crippen MR) is 74.2 cm³/mol. The lowest BCUT2D eigenvalue weighted by Crippen LogP contribution is -2.28. The molecule has 16 heavy (non-hydrogen) atoms. The summed E-state index contributed by atoms with van der Waals surface area (Å²) in [5, 5.41) is 0.0163. The summed E-state index contributed by atoms with van der Waals surface area (Å²) < 4.78 is 0. The maximum Gasteiger partial charge on any atom is 0.282 e. The molecule has 90 valence electrons. The van der Waals surface area contributed by atoms with Crippen molar-refractivity contribution in [2.24, 2.45) is 0 Å². The number of hydrogen-bond acceptors (Lipinski definition) is 2. The Morgan fingerprint density at radius 1 is 1.19 bits per heavy atom. The Labute approximate surface area is 111 Å². The van der Waals surface area contributed by atoms with Gasteiger partial charge in [-0.3, -0.25) is 4.79 Å². The second-order valence-electron chi connectivity index (χ2n) is 2.77. The van der Waals surface area contributed by atoms with Gasteiger partial charge in [-0.25, -0.2) is 0 Å². The second kappa shape index (κ2) is 11.1. The van der Waals surface area contributed by atoms with Crippen molar-refractivity contribution in [3.8, 4) is 0 Å². The van der Waals surface area contributed by atoms with Crippen LogP contribution in [0.2, 0.25) is 0 Å². The number of carbonyl (C=O) groups is 1. The number of nitrogens with zero attached hydrogens (tertiary/aromatic N) is 1. The van der Waals surface area contributed by atoms with E-state index in [1.165, 1.54) is 22.8 Å². The summed E-state index contributed by atoms with van der Waals surface area (Å²) in [7, 11) is 0. The second-order valence-corrected chi connectivity index (χ2v) is 4.25. The van der Waals surface area contributed by atoms with Crippen LogP contribution in [-0.2, 0) is 0 Å². The molecule has 0 spiro atoms. The van der Waals surface area contributed by atoms with Gasteiger partial charge in [0.2, 0.25) is 0 Å². The van der Waals surface area contributed by atoms with Gasteiger partial charge in [-0.05, 0) is 6.92 Å². The van der Waals surface area contributed by atoms with Crippen LogP contribution in [0.25, 0.3) is 0 Å².